The summed E-state index contributed by atoms with van der Waals surface area (Å²) in [5.41, 5.74) is 8.59. The number of halogens is 1. The monoisotopic (exact) mass is 266 g/mol. The van der Waals surface area contributed by atoms with Gasteiger partial charge in [0.1, 0.15) is 0 Å². The Kier molecular flexibility index (Phi) is 2.53. The zero-order chi connectivity index (χ0) is 12.8. The molecule has 0 radical (unpaired) electrons. The topological polar surface area (TPSA) is 0 Å². The fourth-order valence-electron chi connectivity index (χ4n) is 3.45. The molecule has 0 saturated heterocycles. The predicted molar refractivity (Wildman–Crippen MR) is 81.7 cm³/mol. The summed E-state index contributed by atoms with van der Waals surface area (Å²) in [6.07, 6.45) is 9.11. The van der Waals surface area contributed by atoms with Gasteiger partial charge in [-0.1, -0.05) is 48.0 Å². The number of rotatable bonds is 0. The van der Waals surface area contributed by atoms with Gasteiger partial charge in [0.25, 0.3) is 0 Å². The first kappa shape index (κ1) is 11.3. The highest BCUT2D eigenvalue weighted by Gasteiger charge is 2.21. The molecule has 0 atom stereocenters. The molecule has 2 aromatic rings. The lowest BCUT2D eigenvalue weighted by Gasteiger charge is -2.25. The Morgan fingerprint density at radius 2 is 1.63 bits per heavy atom. The van der Waals surface area contributed by atoms with Crippen LogP contribution >= 0.6 is 11.6 Å². The van der Waals surface area contributed by atoms with Crippen molar-refractivity contribution in [3.63, 3.8) is 0 Å². The second-order valence-corrected chi connectivity index (χ2v) is 5.77. The van der Waals surface area contributed by atoms with Gasteiger partial charge in [0.2, 0.25) is 0 Å². The van der Waals surface area contributed by atoms with E-state index in [0.29, 0.717) is 0 Å². The molecule has 0 aromatic heterocycles. The minimum absolute atomic E-state index is 0.917. The van der Waals surface area contributed by atoms with Gasteiger partial charge in [-0.25, -0.2) is 0 Å². The standard InChI is InChI=1S/C18H15Cl/c19-18-7-3-6-14-16-9-8-12-4-1-2-5-13(12)15(16)10-11-17(14)18/h1,3-4,6-9H,2,5,10-11H2. The summed E-state index contributed by atoms with van der Waals surface area (Å²) in [7, 11) is 0. The average Bonchev–Trinajstić information content (AvgIpc) is 2.47. The molecule has 0 spiro atoms. The second kappa shape index (κ2) is 4.25. The van der Waals surface area contributed by atoms with Crippen molar-refractivity contribution in [2.45, 2.75) is 25.7 Å². The van der Waals surface area contributed by atoms with Gasteiger partial charge < -0.3 is 0 Å². The summed E-state index contributed by atoms with van der Waals surface area (Å²) in [5.74, 6) is 0. The zero-order valence-corrected chi connectivity index (χ0v) is 11.5. The van der Waals surface area contributed by atoms with E-state index in [9.17, 15) is 0 Å². The van der Waals surface area contributed by atoms with Crippen LogP contribution in [-0.4, -0.2) is 0 Å². The molecule has 2 aliphatic rings. The SMILES string of the molecule is Clc1cccc2c1CCc1c-2ccc2c1CCC=C2. The Bertz CT molecular complexity index is 695. The lowest BCUT2D eigenvalue weighted by Crippen LogP contribution is -2.10. The predicted octanol–water partition coefficient (Wildman–Crippen LogP) is 5.07. The van der Waals surface area contributed by atoms with Crippen molar-refractivity contribution in [2.24, 2.45) is 0 Å². The van der Waals surface area contributed by atoms with E-state index in [1.54, 1.807) is 11.1 Å². The third kappa shape index (κ3) is 1.67. The van der Waals surface area contributed by atoms with E-state index in [0.717, 1.165) is 17.9 Å². The maximum atomic E-state index is 6.34. The van der Waals surface area contributed by atoms with Gasteiger partial charge in [-0.05, 0) is 65.1 Å². The van der Waals surface area contributed by atoms with Crippen molar-refractivity contribution in [1.29, 1.82) is 0 Å². The van der Waals surface area contributed by atoms with Crippen LogP contribution < -0.4 is 0 Å². The van der Waals surface area contributed by atoms with Crippen LogP contribution in [-0.2, 0) is 19.3 Å². The number of hydrogen-bond acceptors (Lipinski definition) is 0. The number of allylic oxidation sites excluding steroid dienone is 1. The lowest BCUT2D eigenvalue weighted by molar-refractivity contribution is 0.887. The van der Waals surface area contributed by atoms with Gasteiger partial charge in [0.05, 0.1) is 0 Å². The van der Waals surface area contributed by atoms with Crippen LogP contribution in [0.15, 0.2) is 36.4 Å². The molecule has 0 aliphatic heterocycles. The van der Waals surface area contributed by atoms with Crippen LogP contribution in [0.5, 0.6) is 0 Å². The second-order valence-electron chi connectivity index (χ2n) is 5.37. The molecular weight excluding hydrogens is 252 g/mol. The molecule has 4 rings (SSSR count). The quantitative estimate of drug-likeness (QED) is 0.625. The van der Waals surface area contributed by atoms with Crippen molar-refractivity contribution < 1.29 is 0 Å². The molecule has 0 saturated carbocycles. The van der Waals surface area contributed by atoms with Gasteiger partial charge in [-0.3, -0.25) is 0 Å². The summed E-state index contributed by atoms with van der Waals surface area (Å²) in [5, 5.41) is 0.917. The molecule has 2 aromatic carbocycles. The molecule has 0 nitrogen and oxygen atoms in total. The summed E-state index contributed by atoms with van der Waals surface area (Å²) in [6, 6.07) is 10.8. The fraction of sp³-hybridized carbons (Fsp3) is 0.222. The molecular formula is C18H15Cl. The van der Waals surface area contributed by atoms with Crippen molar-refractivity contribution in [3.8, 4) is 11.1 Å². The Morgan fingerprint density at radius 3 is 2.58 bits per heavy atom. The number of hydrogen-bond donors (Lipinski definition) is 0. The minimum atomic E-state index is 0.917. The van der Waals surface area contributed by atoms with E-state index in [1.807, 2.05) is 6.07 Å². The van der Waals surface area contributed by atoms with Crippen LogP contribution in [0.4, 0.5) is 0 Å². The smallest absolute Gasteiger partial charge is 0.0444 e. The van der Waals surface area contributed by atoms with Crippen molar-refractivity contribution in [3.05, 3.63) is 63.7 Å². The molecule has 2 aliphatic carbocycles. The van der Waals surface area contributed by atoms with Crippen molar-refractivity contribution in [1.82, 2.24) is 0 Å². The van der Waals surface area contributed by atoms with E-state index in [2.05, 4.69) is 36.4 Å². The van der Waals surface area contributed by atoms with E-state index < -0.39 is 0 Å². The lowest BCUT2D eigenvalue weighted by atomic mass is 9.80. The van der Waals surface area contributed by atoms with Crippen LogP contribution in [0, 0.1) is 0 Å². The minimum Gasteiger partial charge on any atom is -0.0840 e. The maximum absolute atomic E-state index is 6.34. The fourth-order valence-corrected chi connectivity index (χ4v) is 3.72. The first-order valence-corrected chi connectivity index (χ1v) is 7.31. The normalized spacial score (nSPS) is 15.6. The largest absolute Gasteiger partial charge is 0.0840 e. The number of benzene rings is 2. The molecule has 94 valence electrons. The van der Waals surface area contributed by atoms with Crippen LogP contribution in [0.25, 0.3) is 17.2 Å². The summed E-state index contributed by atoms with van der Waals surface area (Å²) >= 11 is 6.34. The van der Waals surface area contributed by atoms with E-state index in [1.165, 1.54) is 35.1 Å². The Hall–Kier alpha value is -1.53. The summed E-state index contributed by atoms with van der Waals surface area (Å²) in [4.78, 5) is 0. The molecule has 0 amide bonds. The molecule has 0 heterocycles. The van der Waals surface area contributed by atoms with Crippen LogP contribution in [0.2, 0.25) is 5.02 Å². The van der Waals surface area contributed by atoms with E-state index in [-0.39, 0.29) is 0 Å². The molecule has 0 fully saturated rings. The third-order valence-electron chi connectivity index (χ3n) is 4.36. The first-order valence-electron chi connectivity index (χ1n) is 6.93. The van der Waals surface area contributed by atoms with Crippen LogP contribution in [0.3, 0.4) is 0 Å². The highest BCUT2D eigenvalue weighted by molar-refractivity contribution is 6.31. The van der Waals surface area contributed by atoms with Gasteiger partial charge in [0, 0.05) is 5.02 Å². The molecule has 0 N–H and O–H groups in total. The highest BCUT2D eigenvalue weighted by atomic mass is 35.5. The zero-order valence-electron chi connectivity index (χ0n) is 10.7. The average molecular weight is 267 g/mol. The Balaban J connectivity index is 1.99. The van der Waals surface area contributed by atoms with Gasteiger partial charge in [-0.15, -0.1) is 0 Å². The third-order valence-corrected chi connectivity index (χ3v) is 4.71. The molecule has 19 heavy (non-hydrogen) atoms. The van der Waals surface area contributed by atoms with Gasteiger partial charge in [0.15, 0.2) is 0 Å². The summed E-state index contributed by atoms with van der Waals surface area (Å²) < 4.78 is 0. The van der Waals surface area contributed by atoms with E-state index >= 15 is 0 Å². The van der Waals surface area contributed by atoms with Crippen LogP contribution in [0.1, 0.15) is 28.7 Å². The molecule has 1 heteroatoms. The van der Waals surface area contributed by atoms with E-state index in [4.69, 9.17) is 11.6 Å². The Labute approximate surface area is 118 Å². The van der Waals surface area contributed by atoms with Crippen molar-refractivity contribution in [2.75, 3.05) is 0 Å². The molecule has 0 bridgehead atoms. The van der Waals surface area contributed by atoms with Gasteiger partial charge >= 0.3 is 0 Å². The first-order chi connectivity index (χ1) is 9.34. The summed E-state index contributed by atoms with van der Waals surface area (Å²) in [6.45, 7) is 0. The number of fused-ring (bicyclic) bond motifs is 5. The maximum Gasteiger partial charge on any atom is 0.0444 e. The van der Waals surface area contributed by atoms with Crippen molar-refractivity contribution >= 4 is 17.7 Å². The van der Waals surface area contributed by atoms with Gasteiger partial charge in [-0.2, -0.15) is 0 Å². The Morgan fingerprint density at radius 1 is 0.789 bits per heavy atom. The molecule has 0 unspecified atom stereocenters. The highest BCUT2D eigenvalue weighted by Crippen LogP contribution is 2.40.